The second kappa shape index (κ2) is 9.51. The second-order valence-corrected chi connectivity index (χ2v) is 5.90. The van der Waals surface area contributed by atoms with Gasteiger partial charge in [0.25, 0.3) is 0 Å². The molecule has 2 rings (SSSR count). The minimum atomic E-state index is -0.567. The van der Waals surface area contributed by atoms with Crippen molar-refractivity contribution < 1.29 is 19.1 Å². The summed E-state index contributed by atoms with van der Waals surface area (Å²) in [5.41, 5.74) is 1.09. The molecule has 0 spiro atoms. The molecule has 8 nitrogen and oxygen atoms in total. The van der Waals surface area contributed by atoms with E-state index in [1.54, 1.807) is 24.3 Å². The largest absolute Gasteiger partial charge is 0.453 e. The molecule has 0 bridgehead atoms. The van der Waals surface area contributed by atoms with Crippen molar-refractivity contribution in [3.8, 4) is 0 Å². The van der Waals surface area contributed by atoms with Crippen molar-refractivity contribution in [3.63, 3.8) is 0 Å². The van der Waals surface area contributed by atoms with E-state index >= 15 is 0 Å². The van der Waals surface area contributed by atoms with Crippen LogP contribution in [-0.4, -0.2) is 37.7 Å². The normalized spacial score (nSPS) is 14.3. The van der Waals surface area contributed by atoms with Gasteiger partial charge in [0.05, 0.1) is 13.7 Å². The van der Waals surface area contributed by atoms with Crippen LogP contribution in [0.4, 0.5) is 21.0 Å². The molecular formula is C17H24N4O4. The Hall–Kier alpha value is -2.77. The fraction of sp³-hybridized carbons (Fsp3) is 0.471. The Labute approximate surface area is 146 Å². The molecule has 0 atom stereocenters. The van der Waals surface area contributed by atoms with Gasteiger partial charge in [0.1, 0.15) is 0 Å². The van der Waals surface area contributed by atoms with Gasteiger partial charge in [-0.2, -0.15) is 0 Å². The van der Waals surface area contributed by atoms with Crippen LogP contribution in [0.3, 0.4) is 0 Å². The molecule has 136 valence electrons. The summed E-state index contributed by atoms with van der Waals surface area (Å²) in [4.78, 5) is 34.7. The summed E-state index contributed by atoms with van der Waals surface area (Å²) in [6.45, 7) is -0.0652. The predicted octanol–water partition coefficient (Wildman–Crippen LogP) is 2.44. The summed E-state index contributed by atoms with van der Waals surface area (Å²) in [6.07, 6.45) is 4.94. The predicted molar refractivity (Wildman–Crippen MR) is 94.5 cm³/mol. The first-order valence-corrected chi connectivity index (χ1v) is 8.36. The molecule has 1 fully saturated rings. The number of amides is 4. The molecule has 25 heavy (non-hydrogen) atoms. The lowest BCUT2D eigenvalue weighted by atomic mass is 9.95. The van der Waals surface area contributed by atoms with E-state index < -0.39 is 12.1 Å². The van der Waals surface area contributed by atoms with E-state index in [1.165, 1.54) is 13.5 Å². The van der Waals surface area contributed by atoms with E-state index in [0.29, 0.717) is 11.4 Å². The van der Waals surface area contributed by atoms with Crippen LogP contribution in [0.1, 0.15) is 32.1 Å². The maximum Gasteiger partial charge on any atom is 0.411 e. The molecule has 1 aliphatic rings. The molecule has 0 aromatic heterocycles. The topological polar surface area (TPSA) is 109 Å². The van der Waals surface area contributed by atoms with Gasteiger partial charge in [-0.25, -0.2) is 9.59 Å². The summed E-state index contributed by atoms with van der Waals surface area (Å²) in [5.74, 6) is -0.181. The van der Waals surface area contributed by atoms with Crippen LogP contribution in [-0.2, 0) is 9.53 Å². The molecular weight excluding hydrogens is 324 g/mol. The maximum atomic E-state index is 11.8. The molecule has 0 heterocycles. The SMILES string of the molecule is COC(=O)Nc1ccc(NC(=O)NCC(=O)NC2CCCCC2)cc1. The third-order valence-electron chi connectivity index (χ3n) is 3.95. The van der Waals surface area contributed by atoms with E-state index in [-0.39, 0.29) is 18.5 Å². The Balaban J connectivity index is 1.70. The molecule has 1 aromatic rings. The van der Waals surface area contributed by atoms with Gasteiger partial charge in [0, 0.05) is 17.4 Å². The van der Waals surface area contributed by atoms with Crippen molar-refractivity contribution in [2.75, 3.05) is 24.3 Å². The molecule has 0 radical (unpaired) electrons. The van der Waals surface area contributed by atoms with Crippen LogP contribution in [0.15, 0.2) is 24.3 Å². The molecule has 4 N–H and O–H groups in total. The quantitative estimate of drug-likeness (QED) is 0.655. The van der Waals surface area contributed by atoms with Crippen molar-refractivity contribution in [1.82, 2.24) is 10.6 Å². The van der Waals surface area contributed by atoms with E-state index in [2.05, 4.69) is 26.0 Å². The molecule has 1 aromatic carbocycles. The third-order valence-corrected chi connectivity index (χ3v) is 3.95. The molecule has 1 saturated carbocycles. The number of methoxy groups -OCH3 is 1. The van der Waals surface area contributed by atoms with Crippen LogP contribution in [0, 0.1) is 0 Å². The molecule has 8 heteroatoms. The van der Waals surface area contributed by atoms with E-state index in [9.17, 15) is 14.4 Å². The van der Waals surface area contributed by atoms with Crippen LogP contribution in [0.5, 0.6) is 0 Å². The Morgan fingerprint density at radius 2 is 1.60 bits per heavy atom. The van der Waals surface area contributed by atoms with Gasteiger partial charge in [-0.3, -0.25) is 10.1 Å². The number of carbonyl (C=O) groups is 3. The highest BCUT2D eigenvalue weighted by molar-refractivity contribution is 5.92. The van der Waals surface area contributed by atoms with Crippen molar-refractivity contribution in [1.29, 1.82) is 0 Å². The number of anilines is 2. The summed E-state index contributed by atoms with van der Waals surface area (Å²) < 4.78 is 4.49. The first kappa shape index (κ1) is 18.6. The Bertz CT molecular complexity index is 597. The number of carbonyl (C=O) groups excluding carboxylic acids is 3. The smallest absolute Gasteiger partial charge is 0.411 e. The average molecular weight is 348 g/mol. The highest BCUT2D eigenvalue weighted by Crippen LogP contribution is 2.17. The molecule has 0 unspecified atom stereocenters. The summed E-state index contributed by atoms with van der Waals surface area (Å²) >= 11 is 0. The van der Waals surface area contributed by atoms with Crippen molar-refractivity contribution in [2.45, 2.75) is 38.1 Å². The average Bonchev–Trinajstić information content (AvgIpc) is 2.62. The van der Waals surface area contributed by atoms with Crippen LogP contribution < -0.4 is 21.3 Å². The maximum absolute atomic E-state index is 11.8. The minimum Gasteiger partial charge on any atom is -0.453 e. The molecule has 1 aliphatic carbocycles. The lowest BCUT2D eigenvalue weighted by Gasteiger charge is -2.22. The fourth-order valence-electron chi connectivity index (χ4n) is 2.67. The standard InChI is InChI=1S/C17H24N4O4/c1-25-17(24)21-14-9-7-13(8-10-14)20-16(23)18-11-15(22)19-12-5-3-2-4-6-12/h7-10,12H,2-6,11H2,1H3,(H,19,22)(H,21,24)(H2,18,20,23). The van der Waals surface area contributed by atoms with Gasteiger partial charge in [-0.15, -0.1) is 0 Å². The zero-order valence-corrected chi connectivity index (χ0v) is 14.3. The van der Waals surface area contributed by atoms with E-state index in [1.807, 2.05) is 0 Å². The van der Waals surface area contributed by atoms with Gasteiger partial charge in [-0.1, -0.05) is 19.3 Å². The number of hydrogen-bond acceptors (Lipinski definition) is 4. The Kier molecular flexibility index (Phi) is 7.06. The zero-order chi connectivity index (χ0) is 18.1. The lowest BCUT2D eigenvalue weighted by molar-refractivity contribution is -0.121. The minimum absolute atomic E-state index is 0.0652. The summed E-state index contributed by atoms with van der Waals surface area (Å²) in [5, 5.41) is 10.6. The number of benzene rings is 1. The van der Waals surface area contributed by atoms with Crippen LogP contribution in [0.2, 0.25) is 0 Å². The van der Waals surface area contributed by atoms with E-state index in [0.717, 1.165) is 25.7 Å². The Morgan fingerprint density at radius 3 is 2.20 bits per heavy atom. The van der Waals surface area contributed by atoms with Crippen molar-refractivity contribution in [3.05, 3.63) is 24.3 Å². The van der Waals surface area contributed by atoms with Crippen LogP contribution >= 0.6 is 0 Å². The number of rotatable bonds is 5. The molecule has 0 aliphatic heterocycles. The van der Waals surface area contributed by atoms with Gasteiger partial charge < -0.3 is 20.7 Å². The van der Waals surface area contributed by atoms with Gasteiger partial charge in [0.15, 0.2) is 0 Å². The van der Waals surface area contributed by atoms with Crippen molar-refractivity contribution >= 4 is 29.4 Å². The zero-order valence-electron chi connectivity index (χ0n) is 14.3. The number of nitrogens with one attached hydrogen (secondary N) is 4. The lowest BCUT2D eigenvalue weighted by Crippen LogP contribution is -2.43. The van der Waals surface area contributed by atoms with E-state index in [4.69, 9.17) is 0 Å². The molecule has 4 amide bonds. The molecule has 0 saturated heterocycles. The van der Waals surface area contributed by atoms with Crippen molar-refractivity contribution in [2.24, 2.45) is 0 Å². The first-order valence-electron chi connectivity index (χ1n) is 8.36. The summed E-state index contributed by atoms with van der Waals surface area (Å²) in [6, 6.07) is 6.28. The van der Waals surface area contributed by atoms with Crippen LogP contribution in [0.25, 0.3) is 0 Å². The third kappa shape index (κ3) is 6.70. The Morgan fingerprint density at radius 1 is 1.00 bits per heavy atom. The monoisotopic (exact) mass is 348 g/mol. The number of hydrogen-bond donors (Lipinski definition) is 4. The highest BCUT2D eigenvalue weighted by Gasteiger charge is 2.15. The number of urea groups is 1. The number of ether oxygens (including phenoxy) is 1. The highest BCUT2D eigenvalue weighted by atomic mass is 16.5. The van der Waals surface area contributed by atoms with Gasteiger partial charge in [-0.05, 0) is 37.1 Å². The van der Waals surface area contributed by atoms with Gasteiger partial charge >= 0.3 is 12.1 Å². The fourth-order valence-corrected chi connectivity index (χ4v) is 2.67. The van der Waals surface area contributed by atoms with Gasteiger partial charge in [0.2, 0.25) is 5.91 Å². The first-order chi connectivity index (χ1) is 12.1. The second-order valence-electron chi connectivity index (χ2n) is 5.90. The summed E-state index contributed by atoms with van der Waals surface area (Å²) in [7, 11) is 1.28.